The van der Waals surface area contributed by atoms with E-state index in [-0.39, 0.29) is 11.3 Å². The molecule has 0 radical (unpaired) electrons. The smallest absolute Gasteiger partial charge is 0.311 e. The Morgan fingerprint density at radius 1 is 1.31 bits per heavy atom. The van der Waals surface area contributed by atoms with Gasteiger partial charge in [-0.1, -0.05) is 61.2 Å². The molecule has 0 aromatic heterocycles. The standard InChI is InChI=1S/C22H18Cl2FNO3/c1-22(2)15(11-19(23)24)20(22)21(27)29-18(12-26)13-8-9-16(25)17(10-13)28-14-6-4-3-5-7-14/h3-11,15,18,20H,1-2H3/i1D3,2D3. The number of esters is 1. The van der Waals surface area contributed by atoms with Crippen molar-refractivity contribution in [1.82, 2.24) is 0 Å². The molecule has 0 saturated heterocycles. The lowest BCUT2D eigenvalue weighted by molar-refractivity contribution is -0.149. The van der Waals surface area contributed by atoms with Gasteiger partial charge in [-0.15, -0.1) is 0 Å². The zero-order chi connectivity index (χ0) is 26.2. The second kappa shape index (κ2) is 8.44. The van der Waals surface area contributed by atoms with Crippen LogP contribution in [-0.4, -0.2) is 5.97 Å². The summed E-state index contributed by atoms with van der Waals surface area (Å²) in [5.74, 6) is -4.97. The highest BCUT2D eigenvalue weighted by molar-refractivity contribution is 6.55. The molecule has 0 amide bonds. The van der Waals surface area contributed by atoms with Crippen LogP contribution in [0.3, 0.4) is 0 Å². The Morgan fingerprint density at radius 2 is 2.03 bits per heavy atom. The molecule has 0 aliphatic heterocycles. The minimum absolute atomic E-state index is 0.0321. The fourth-order valence-electron chi connectivity index (χ4n) is 2.85. The number of carbonyl (C=O) groups is 1. The van der Waals surface area contributed by atoms with E-state index in [1.165, 1.54) is 6.07 Å². The molecule has 4 nitrogen and oxygen atoms in total. The van der Waals surface area contributed by atoms with E-state index < -0.39 is 53.3 Å². The van der Waals surface area contributed by atoms with Gasteiger partial charge in [0.2, 0.25) is 6.10 Å². The van der Waals surface area contributed by atoms with Gasteiger partial charge in [0.25, 0.3) is 0 Å². The van der Waals surface area contributed by atoms with Crippen molar-refractivity contribution in [2.75, 3.05) is 0 Å². The molecular formula is C22H18Cl2FNO3. The van der Waals surface area contributed by atoms with Crippen LogP contribution >= 0.6 is 23.2 Å². The molecule has 0 spiro atoms. The number of ether oxygens (including phenoxy) is 2. The van der Waals surface area contributed by atoms with Crippen molar-refractivity contribution in [3.63, 3.8) is 0 Å². The first-order valence-corrected chi connectivity index (χ1v) is 9.15. The van der Waals surface area contributed by atoms with E-state index in [2.05, 4.69) is 0 Å². The summed E-state index contributed by atoms with van der Waals surface area (Å²) in [4.78, 5) is 13.0. The van der Waals surface area contributed by atoms with Gasteiger partial charge in [-0.2, -0.15) is 5.26 Å². The molecule has 7 heteroatoms. The summed E-state index contributed by atoms with van der Waals surface area (Å²) in [7, 11) is 0. The highest BCUT2D eigenvalue weighted by atomic mass is 35.5. The average Bonchev–Trinajstić information content (AvgIpc) is 3.44. The zero-order valence-corrected chi connectivity index (χ0v) is 16.2. The van der Waals surface area contributed by atoms with Gasteiger partial charge in [0.05, 0.1) is 5.92 Å². The molecule has 0 bridgehead atoms. The summed E-state index contributed by atoms with van der Waals surface area (Å²) < 4.78 is 71.5. The summed E-state index contributed by atoms with van der Waals surface area (Å²) in [6, 6.07) is 13.3. The van der Waals surface area contributed by atoms with Crippen LogP contribution < -0.4 is 4.74 Å². The molecule has 1 aliphatic carbocycles. The van der Waals surface area contributed by atoms with Crippen LogP contribution in [0.5, 0.6) is 11.5 Å². The third-order valence-electron chi connectivity index (χ3n) is 4.41. The summed E-state index contributed by atoms with van der Waals surface area (Å²) in [6.45, 7) is -6.22. The third kappa shape index (κ3) is 4.72. The molecule has 1 aliphatic rings. The number of allylic oxidation sites excluding steroid dienone is 1. The highest BCUT2D eigenvalue weighted by Crippen LogP contribution is 2.60. The Hall–Kier alpha value is -2.55. The predicted octanol–water partition coefficient (Wildman–Crippen LogP) is 6.32. The van der Waals surface area contributed by atoms with E-state index >= 15 is 0 Å². The number of benzene rings is 2. The van der Waals surface area contributed by atoms with E-state index in [0.29, 0.717) is 5.75 Å². The predicted molar refractivity (Wildman–Crippen MR) is 108 cm³/mol. The molecule has 2 aromatic carbocycles. The van der Waals surface area contributed by atoms with Crippen LogP contribution in [0, 0.1) is 34.4 Å². The second-order valence-corrected chi connectivity index (χ2v) is 7.39. The number of nitriles is 1. The molecule has 150 valence electrons. The Bertz CT molecular complexity index is 1160. The van der Waals surface area contributed by atoms with E-state index in [9.17, 15) is 14.4 Å². The molecule has 1 fully saturated rings. The first-order chi connectivity index (χ1) is 16.2. The summed E-state index contributed by atoms with van der Waals surface area (Å²) in [5, 5.41) is 9.60. The van der Waals surface area contributed by atoms with Crippen molar-refractivity contribution in [1.29, 1.82) is 5.26 Å². The molecule has 0 heterocycles. The van der Waals surface area contributed by atoms with Crippen LogP contribution in [0.4, 0.5) is 4.39 Å². The Balaban J connectivity index is 1.91. The van der Waals surface area contributed by atoms with Gasteiger partial charge < -0.3 is 9.47 Å². The van der Waals surface area contributed by atoms with Gasteiger partial charge in [0, 0.05) is 13.8 Å². The van der Waals surface area contributed by atoms with Crippen molar-refractivity contribution in [3.05, 3.63) is 70.5 Å². The van der Waals surface area contributed by atoms with Crippen molar-refractivity contribution in [2.45, 2.75) is 19.8 Å². The molecular weight excluding hydrogens is 416 g/mol. The normalized spacial score (nSPS) is 24.1. The number of hydrogen-bond donors (Lipinski definition) is 0. The summed E-state index contributed by atoms with van der Waals surface area (Å²) >= 11 is 11.3. The molecule has 3 rings (SSSR count). The lowest BCUT2D eigenvalue weighted by Crippen LogP contribution is -2.14. The van der Waals surface area contributed by atoms with Gasteiger partial charge in [-0.25, -0.2) is 4.39 Å². The van der Waals surface area contributed by atoms with E-state index in [4.69, 9.17) is 40.9 Å². The number of carbonyl (C=O) groups excluding carboxylic acids is 1. The molecule has 1 saturated carbocycles. The molecule has 29 heavy (non-hydrogen) atoms. The summed E-state index contributed by atoms with van der Waals surface area (Å²) in [5.41, 5.74) is -2.47. The van der Waals surface area contributed by atoms with Crippen LogP contribution in [0.2, 0.25) is 0 Å². The molecule has 2 aromatic rings. The van der Waals surface area contributed by atoms with Crippen LogP contribution in [0.25, 0.3) is 0 Å². The molecule has 3 unspecified atom stereocenters. The van der Waals surface area contributed by atoms with Gasteiger partial charge in [0.15, 0.2) is 11.6 Å². The SMILES string of the molecule is [2H]C([2H])([2H])C1(C([2H])([2H])[2H])C(C=C(Cl)Cl)C1C(=O)OC(C#N)c1ccc(F)c(Oc2ccccc2)c1. The maximum Gasteiger partial charge on any atom is 0.311 e. The minimum atomic E-state index is -3.11. The first-order valence-electron chi connectivity index (χ1n) is 11.4. The lowest BCUT2D eigenvalue weighted by Gasteiger charge is -2.14. The number of hydrogen-bond acceptors (Lipinski definition) is 4. The van der Waals surface area contributed by atoms with Crippen molar-refractivity contribution < 1.29 is 26.9 Å². The highest BCUT2D eigenvalue weighted by Gasteiger charge is 2.62. The number of rotatable bonds is 6. The maximum absolute atomic E-state index is 14.3. The van der Waals surface area contributed by atoms with Crippen LogP contribution in [0.15, 0.2) is 59.1 Å². The van der Waals surface area contributed by atoms with Gasteiger partial charge in [-0.05, 0) is 41.7 Å². The summed E-state index contributed by atoms with van der Waals surface area (Å²) in [6.07, 6.45) is -0.636. The van der Waals surface area contributed by atoms with Gasteiger partial charge in [0.1, 0.15) is 16.3 Å². The monoisotopic (exact) mass is 439 g/mol. The quantitative estimate of drug-likeness (QED) is 0.494. The number of halogens is 3. The van der Waals surface area contributed by atoms with Gasteiger partial charge >= 0.3 is 5.97 Å². The fraction of sp³-hybridized carbons (Fsp3) is 0.273. The van der Waals surface area contributed by atoms with Crippen molar-refractivity contribution >= 4 is 29.2 Å². The Morgan fingerprint density at radius 3 is 2.66 bits per heavy atom. The second-order valence-electron chi connectivity index (χ2n) is 6.38. The maximum atomic E-state index is 14.3. The third-order valence-corrected chi connectivity index (χ3v) is 4.66. The number of nitrogens with zero attached hydrogens (tertiary/aromatic N) is 1. The van der Waals surface area contributed by atoms with E-state index in [1.54, 1.807) is 36.4 Å². The molecule has 3 atom stereocenters. The number of para-hydroxylation sites is 1. The first kappa shape index (κ1) is 14.4. The topological polar surface area (TPSA) is 59.3 Å². The van der Waals surface area contributed by atoms with Crippen LogP contribution in [-0.2, 0) is 9.53 Å². The van der Waals surface area contributed by atoms with E-state index in [0.717, 1.165) is 18.2 Å². The largest absolute Gasteiger partial charge is 0.454 e. The lowest BCUT2D eigenvalue weighted by atomic mass is 10.1. The zero-order valence-electron chi connectivity index (χ0n) is 20.7. The molecule has 0 N–H and O–H groups in total. The van der Waals surface area contributed by atoms with Crippen LogP contribution in [0.1, 0.15) is 33.6 Å². The Kier molecular flexibility index (Phi) is 4.20. The minimum Gasteiger partial charge on any atom is -0.454 e. The van der Waals surface area contributed by atoms with Gasteiger partial charge in [-0.3, -0.25) is 4.79 Å². The average molecular weight is 440 g/mol. The van der Waals surface area contributed by atoms with Crippen molar-refractivity contribution in [2.24, 2.45) is 17.3 Å². The van der Waals surface area contributed by atoms with E-state index in [1.807, 2.05) is 0 Å². The Labute approximate surface area is 186 Å². The van der Waals surface area contributed by atoms with Crippen molar-refractivity contribution in [3.8, 4) is 17.6 Å². The fourth-order valence-corrected chi connectivity index (χ4v) is 3.12.